The van der Waals surface area contributed by atoms with Crippen LogP contribution in [0.15, 0.2) is 24.3 Å². The van der Waals surface area contributed by atoms with Crippen LogP contribution >= 0.6 is 11.8 Å². The van der Waals surface area contributed by atoms with Gasteiger partial charge in [0.2, 0.25) is 17.7 Å². The van der Waals surface area contributed by atoms with E-state index in [1.807, 2.05) is 46.8 Å². The first-order valence-electron chi connectivity index (χ1n) is 15.0. The fourth-order valence-electron chi connectivity index (χ4n) is 7.83. The minimum absolute atomic E-state index is 0.00768. The van der Waals surface area contributed by atoms with Crippen LogP contribution in [0.4, 0.5) is 5.69 Å². The summed E-state index contributed by atoms with van der Waals surface area (Å²) in [7, 11) is 0. The molecule has 3 fully saturated rings. The van der Waals surface area contributed by atoms with Gasteiger partial charge in [0.25, 0.3) is 0 Å². The molecular weight excluding hydrogens is 538 g/mol. The van der Waals surface area contributed by atoms with E-state index in [2.05, 4.69) is 38.3 Å². The van der Waals surface area contributed by atoms with Gasteiger partial charge in [-0.2, -0.15) is 0 Å². The second-order valence-electron chi connectivity index (χ2n) is 14.3. The van der Waals surface area contributed by atoms with Gasteiger partial charge in [-0.25, -0.2) is 0 Å². The monoisotopic (exact) mass is 587 g/mol. The molecule has 3 aliphatic rings. The minimum Gasteiger partial charge on any atom is -0.494 e. The highest BCUT2D eigenvalue weighted by molar-refractivity contribution is 8.02. The quantitative estimate of drug-likeness (QED) is 0.366. The predicted octanol–water partition coefficient (Wildman–Crippen LogP) is 4.71. The molecular formula is C32H49N3O5S. The van der Waals surface area contributed by atoms with Crippen molar-refractivity contribution in [3.8, 4) is 5.75 Å². The number of nitrogens with one attached hydrogen (secondary N) is 2. The van der Waals surface area contributed by atoms with E-state index in [-0.39, 0.29) is 46.8 Å². The highest BCUT2D eigenvalue weighted by Crippen LogP contribution is 2.69. The van der Waals surface area contributed by atoms with E-state index in [4.69, 9.17) is 4.74 Å². The Kier molecular flexibility index (Phi) is 8.83. The first-order chi connectivity index (χ1) is 19.1. The number of rotatable bonds is 10. The Balaban J connectivity index is 1.70. The van der Waals surface area contributed by atoms with Gasteiger partial charge in [0, 0.05) is 16.5 Å². The number of carbonyl (C=O) groups excluding carboxylic acids is 3. The van der Waals surface area contributed by atoms with Crippen LogP contribution in [0.1, 0.15) is 75.2 Å². The maximum absolute atomic E-state index is 14.4. The molecule has 41 heavy (non-hydrogen) atoms. The van der Waals surface area contributed by atoms with Gasteiger partial charge in [-0.05, 0) is 75.1 Å². The number of anilines is 1. The largest absolute Gasteiger partial charge is 0.494 e. The summed E-state index contributed by atoms with van der Waals surface area (Å²) in [4.78, 5) is 44.3. The highest BCUT2D eigenvalue weighted by atomic mass is 32.2. The maximum Gasteiger partial charge on any atom is 0.244 e. The molecule has 8 nitrogen and oxygen atoms in total. The molecule has 3 saturated heterocycles. The highest BCUT2D eigenvalue weighted by Gasteiger charge is 2.76. The molecule has 3 heterocycles. The number of fused-ring (bicyclic) bond motifs is 1. The van der Waals surface area contributed by atoms with Crippen molar-refractivity contribution < 1.29 is 24.2 Å². The number of carbonyl (C=O) groups is 3. The summed E-state index contributed by atoms with van der Waals surface area (Å²) in [6.45, 7) is 18.7. The molecule has 1 aromatic carbocycles. The predicted molar refractivity (Wildman–Crippen MR) is 164 cm³/mol. The van der Waals surface area contributed by atoms with Gasteiger partial charge >= 0.3 is 0 Å². The van der Waals surface area contributed by atoms with Crippen LogP contribution in [-0.2, 0) is 14.4 Å². The third-order valence-electron chi connectivity index (χ3n) is 8.92. The summed E-state index contributed by atoms with van der Waals surface area (Å²) >= 11 is 1.65. The third-order valence-corrected chi connectivity index (χ3v) is 11.0. The molecule has 3 amide bonds. The summed E-state index contributed by atoms with van der Waals surface area (Å²) in [5.74, 6) is -1.07. The zero-order chi connectivity index (χ0) is 30.5. The Labute approximate surface area is 249 Å². The number of benzene rings is 1. The zero-order valence-electron chi connectivity index (χ0n) is 26.1. The lowest BCUT2D eigenvalue weighted by Crippen LogP contribution is -2.62. The summed E-state index contributed by atoms with van der Waals surface area (Å²) < 4.78 is 4.78. The lowest BCUT2D eigenvalue weighted by Gasteiger charge is -2.43. The second-order valence-corrected chi connectivity index (χ2v) is 15.9. The van der Waals surface area contributed by atoms with Crippen molar-refractivity contribution in [2.75, 3.05) is 18.5 Å². The van der Waals surface area contributed by atoms with Crippen molar-refractivity contribution in [1.82, 2.24) is 10.2 Å². The van der Waals surface area contributed by atoms with Gasteiger partial charge < -0.3 is 25.4 Å². The van der Waals surface area contributed by atoms with Crippen LogP contribution in [0.2, 0.25) is 0 Å². The van der Waals surface area contributed by atoms with Gasteiger partial charge in [-0.1, -0.05) is 41.5 Å². The molecule has 0 radical (unpaired) electrons. The third kappa shape index (κ3) is 5.85. The van der Waals surface area contributed by atoms with Gasteiger partial charge in [0.1, 0.15) is 11.8 Å². The van der Waals surface area contributed by atoms with Crippen LogP contribution in [0.25, 0.3) is 0 Å². The molecule has 3 unspecified atom stereocenters. The van der Waals surface area contributed by atoms with Crippen LogP contribution in [-0.4, -0.2) is 68.6 Å². The summed E-state index contributed by atoms with van der Waals surface area (Å²) in [5.41, 5.74) is 0.135. The van der Waals surface area contributed by atoms with E-state index >= 15 is 0 Å². The number of aliphatic hydroxyl groups excluding tert-OH is 1. The lowest BCUT2D eigenvalue weighted by atomic mass is 9.65. The number of hydrogen-bond acceptors (Lipinski definition) is 6. The van der Waals surface area contributed by atoms with E-state index in [0.29, 0.717) is 12.3 Å². The van der Waals surface area contributed by atoms with Crippen molar-refractivity contribution in [3.05, 3.63) is 24.3 Å². The van der Waals surface area contributed by atoms with Crippen molar-refractivity contribution >= 4 is 35.2 Å². The number of thioether (sulfide) groups is 1. The van der Waals surface area contributed by atoms with Crippen LogP contribution in [0.5, 0.6) is 5.75 Å². The van der Waals surface area contributed by atoms with E-state index in [1.54, 1.807) is 28.8 Å². The second kappa shape index (κ2) is 11.4. The molecule has 228 valence electrons. The Hall–Kier alpha value is -2.26. The number of ether oxygens (including phenoxy) is 1. The summed E-state index contributed by atoms with van der Waals surface area (Å²) in [6.07, 6.45) is 1.51. The van der Waals surface area contributed by atoms with Crippen molar-refractivity contribution in [1.29, 1.82) is 0 Å². The molecule has 1 aromatic rings. The van der Waals surface area contributed by atoms with Gasteiger partial charge in [-0.3, -0.25) is 14.4 Å². The molecule has 1 spiro atoms. The zero-order valence-corrected chi connectivity index (χ0v) is 26.9. The maximum atomic E-state index is 14.4. The lowest BCUT2D eigenvalue weighted by molar-refractivity contribution is -0.143. The van der Waals surface area contributed by atoms with Crippen LogP contribution in [0, 0.1) is 29.1 Å². The average molecular weight is 588 g/mol. The first-order valence-corrected chi connectivity index (χ1v) is 15.9. The fraction of sp³-hybridized carbons (Fsp3) is 0.719. The van der Waals surface area contributed by atoms with Gasteiger partial charge in [0.05, 0.1) is 35.8 Å². The Bertz CT molecular complexity index is 1150. The number of aliphatic hydroxyl groups is 1. The topological polar surface area (TPSA) is 108 Å². The molecule has 3 N–H and O–H groups in total. The van der Waals surface area contributed by atoms with Crippen molar-refractivity contribution in [2.45, 2.75) is 103 Å². The van der Waals surface area contributed by atoms with E-state index < -0.39 is 34.2 Å². The number of nitrogens with zero attached hydrogens (tertiary/aromatic N) is 1. The van der Waals surface area contributed by atoms with Crippen LogP contribution in [0.3, 0.4) is 0 Å². The Morgan fingerprint density at radius 2 is 1.78 bits per heavy atom. The van der Waals surface area contributed by atoms with Crippen LogP contribution < -0.4 is 15.4 Å². The molecule has 0 aromatic heterocycles. The number of hydrogen-bond donors (Lipinski definition) is 3. The molecule has 9 heteroatoms. The molecule has 7 atom stereocenters. The van der Waals surface area contributed by atoms with Gasteiger partial charge in [-0.15, -0.1) is 11.8 Å². The smallest absolute Gasteiger partial charge is 0.244 e. The average Bonchev–Trinajstić information content (AvgIpc) is 3.43. The van der Waals surface area contributed by atoms with E-state index in [0.717, 1.165) is 18.6 Å². The first kappa shape index (κ1) is 31.7. The number of amides is 3. The molecule has 0 aliphatic carbocycles. The summed E-state index contributed by atoms with van der Waals surface area (Å²) in [6, 6.07) is 5.94. The SMILES string of the molecule is CCOc1ccc(NC(=O)[C@@H]2[C@@H]3CC(C)C4(S3)C(C(=O)NC(C)(C)CC(C)(C)C)N([C@@H](CO)C(C)C)C(=O)[C@H]24)cc1. The fourth-order valence-corrected chi connectivity index (χ4v) is 10.2. The van der Waals surface area contributed by atoms with Crippen molar-refractivity contribution in [3.63, 3.8) is 0 Å². The van der Waals surface area contributed by atoms with E-state index in [9.17, 15) is 19.5 Å². The molecule has 0 saturated carbocycles. The molecule has 2 bridgehead atoms. The number of likely N-dealkylation sites (tertiary alicyclic amines) is 1. The normalized spacial score (nSPS) is 30.0. The van der Waals surface area contributed by atoms with E-state index in [1.165, 1.54) is 0 Å². The van der Waals surface area contributed by atoms with Gasteiger partial charge in [0.15, 0.2) is 0 Å². The molecule has 3 aliphatic heterocycles. The Morgan fingerprint density at radius 1 is 1.15 bits per heavy atom. The minimum atomic E-state index is -0.771. The Morgan fingerprint density at radius 3 is 2.32 bits per heavy atom. The molecule has 4 rings (SSSR count). The standard InChI is InChI=1S/C32H49N3O5S/c1-10-40-21-13-11-20(12-14-21)33-27(37)24-23-15-19(4)32(41-23)25(24)29(39)35(22(16-36)18(2)3)26(32)28(38)34-31(8,9)17-30(5,6)7/h11-14,18-19,22-26,36H,10,15-17H2,1-9H3,(H,33,37)(H,34,38)/t19?,22-,23-,24+,25-,26?,32?/m0/s1. The van der Waals surface area contributed by atoms with Crippen molar-refractivity contribution in [2.24, 2.45) is 29.1 Å². The summed E-state index contributed by atoms with van der Waals surface area (Å²) in [5, 5.41) is 16.7.